The second-order valence-electron chi connectivity index (χ2n) is 13.5. The number of phenolic OH excluding ortho intramolecular Hbond substituents is 1. The van der Waals surface area contributed by atoms with Crippen LogP contribution in [0.1, 0.15) is 77.3 Å². The summed E-state index contributed by atoms with van der Waals surface area (Å²) < 4.78 is 36.2. The van der Waals surface area contributed by atoms with E-state index in [-0.39, 0.29) is 29.0 Å². The third-order valence-corrected chi connectivity index (χ3v) is 9.23. The summed E-state index contributed by atoms with van der Waals surface area (Å²) in [6, 6.07) is 26.6. The number of benzene rings is 4. The lowest BCUT2D eigenvalue weighted by Crippen LogP contribution is -2.42. The van der Waals surface area contributed by atoms with Crippen molar-refractivity contribution in [1.29, 1.82) is 0 Å². The zero-order valence-corrected chi connectivity index (χ0v) is 30.2. The number of fused-ring (bicyclic) bond motifs is 2. The minimum absolute atomic E-state index is 0.0125. The van der Waals surface area contributed by atoms with Crippen LogP contribution in [0, 0.1) is 0 Å². The highest BCUT2D eigenvalue weighted by Gasteiger charge is 2.47. The summed E-state index contributed by atoms with van der Waals surface area (Å²) in [4.78, 5) is 42.0. The number of phenols is 1. The molecule has 2 heterocycles. The molecule has 4 aromatic rings. The molecule has 5 atom stereocenters. The first kappa shape index (κ1) is 37.1. The smallest absolute Gasteiger partial charge is 0.340 e. The Morgan fingerprint density at radius 2 is 1.40 bits per heavy atom. The van der Waals surface area contributed by atoms with Crippen LogP contribution in [0.2, 0.25) is 0 Å². The zero-order chi connectivity index (χ0) is 37.9. The normalized spacial score (nSPS) is 18.6. The summed E-state index contributed by atoms with van der Waals surface area (Å²) in [6.45, 7) is 9.52. The maximum atomic E-state index is 14.7. The van der Waals surface area contributed by atoms with Crippen molar-refractivity contribution < 1.29 is 47.9 Å². The lowest BCUT2D eigenvalue weighted by Gasteiger charge is -2.37. The number of carbonyl (C=O) groups is 3. The van der Waals surface area contributed by atoms with Crippen molar-refractivity contribution in [3.63, 3.8) is 0 Å². The number of esters is 2. The molecule has 6 rings (SSSR count). The van der Waals surface area contributed by atoms with E-state index in [1.165, 1.54) is 14.2 Å². The maximum Gasteiger partial charge on any atom is 0.340 e. The van der Waals surface area contributed by atoms with E-state index in [9.17, 15) is 19.5 Å². The first-order valence-electron chi connectivity index (χ1n) is 17.2. The highest BCUT2D eigenvalue weighted by Crippen LogP contribution is 2.52. The minimum Gasteiger partial charge on any atom is -0.506 e. The Kier molecular flexibility index (Phi) is 10.8. The largest absolute Gasteiger partial charge is 0.506 e. The van der Waals surface area contributed by atoms with Crippen LogP contribution in [0.4, 0.5) is 0 Å². The van der Waals surface area contributed by atoms with Gasteiger partial charge in [-0.2, -0.15) is 0 Å². The van der Waals surface area contributed by atoms with Gasteiger partial charge in [-0.1, -0.05) is 97.6 Å². The summed E-state index contributed by atoms with van der Waals surface area (Å²) in [5, 5.41) is 11.8. The van der Waals surface area contributed by atoms with Gasteiger partial charge in [0.25, 0.3) is 0 Å². The predicted molar refractivity (Wildman–Crippen MR) is 197 cm³/mol. The predicted octanol–water partition coefficient (Wildman–Crippen LogP) is 7.61. The molecule has 0 aliphatic carbocycles. The fraction of sp³-hybridized carbons (Fsp3) is 0.279. The van der Waals surface area contributed by atoms with Gasteiger partial charge in [0.1, 0.15) is 34.5 Å². The SMILES string of the molecule is C=C(C)[C@@H](Cc1c2c(c(O)c3c1O[C@H](c1ccccc1)[C@@H](OC(=O)[C@@H](OC)c1ccccc1)C3=O)C=CC(C)(C)O2)OC(=O)[C@@H](OC)c1ccccc1. The van der Waals surface area contributed by atoms with Crippen LogP contribution in [-0.4, -0.2) is 54.9 Å². The summed E-state index contributed by atoms with van der Waals surface area (Å²) in [5.41, 5.74) is 1.76. The second-order valence-corrected chi connectivity index (χ2v) is 13.5. The van der Waals surface area contributed by atoms with Gasteiger partial charge < -0.3 is 33.5 Å². The Morgan fingerprint density at radius 3 is 1.94 bits per heavy atom. The van der Waals surface area contributed by atoms with E-state index in [4.69, 9.17) is 28.4 Å². The Morgan fingerprint density at radius 1 is 0.849 bits per heavy atom. The van der Waals surface area contributed by atoms with Crippen molar-refractivity contribution in [3.8, 4) is 17.2 Å². The van der Waals surface area contributed by atoms with Gasteiger partial charge in [-0.15, -0.1) is 0 Å². The van der Waals surface area contributed by atoms with Crippen LogP contribution in [0.5, 0.6) is 17.2 Å². The topological polar surface area (TPSA) is 127 Å². The van der Waals surface area contributed by atoms with Crippen LogP contribution < -0.4 is 9.47 Å². The highest BCUT2D eigenvalue weighted by atomic mass is 16.6. The maximum absolute atomic E-state index is 14.7. The highest BCUT2D eigenvalue weighted by molar-refractivity contribution is 6.08. The quantitative estimate of drug-likeness (QED) is 0.116. The van der Waals surface area contributed by atoms with Gasteiger partial charge in [0.15, 0.2) is 18.3 Å². The molecule has 4 aromatic carbocycles. The molecule has 1 N–H and O–H groups in total. The lowest BCUT2D eigenvalue weighted by molar-refractivity contribution is -0.164. The zero-order valence-electron chi connectivity index (χ0n) is 30.2. The van der Waals surface area contributed by atoms with Crippen molar-refractivity contribution in [2.45, 2.75) is 63.3 Å². The van der Waals surface area contributed by atoms with Crippen LogP contribution in [0.3, 0.4) is 0 Å². The molecule has 10 heteroatoms. The third kappa shape index (κ3) is 7.60. The van der Waals surface area contributed by atoms with E-state index in [2.05, 4.69) is 6.58 Å². The summed E-state index contributed by atoms with van der Waals surface area (Å²) in [5.74, 6) is -2.29. The van der Waals surface area contributed by atoms with Crippen molar-refractivity contribution in [3.05, 3.63) is 143 Å². The number of Topliss-reactive ketones (excluding diaryl/α,β-unsaturated/α-hetero) is 1. The molecule has 2 aliphatic heterocycles. The number of rotatable bonds is 12. The van der Waals surface area contributed by atoms with E-state index in [1.807, 2.05) is 26.0 Å². The molecule has 0 unspecified atom stereocenters. The van der Waals surface area contributed by atoms with Gasteiger partial charge in [0.2, 0.25) is 11.9 Å². The molecule has 0 spiro atoms. The molecule has 0 saturated heterocycles. The van der Waals surface area contributed by atoms with Gasteiger partial charge in [-0.25, -0.2) is 9.59 Å². The van der Waals surface area contributed by atoms with E-state index < -0.39 is 59.6 Å². The number of ether oxygens (including phenoxy) is 6. The third-order valence-electron chi connectivity index (χ3n) is 9.23. The van der Waals surface area contributed by atoms with Crippen molar-refractivity contribution in [1.82, 2.24) is 0 Å². The van der Waals surface area contributed by atoms with Gasteiger partial charge in [0.05, 0.1) is 5.56 Å². The molecule has 0 fully saturated rings. The van der Waals surface area contributed by atoms with Crippen LogP contribution in [0.25, 0.3) is 6.08 Å². The molecule has 0 bridgehead atoms. The van der Waals surface area contributed by atoms with Gasteiger partial charge >= 0.3 is 11.9 Å². The minimum atomic E-state index is -1.51. The number of hydrogen-bond donors (Lipinski definition) is 1. The van der Waals surface area contributed by atoms with Gasteiger partial charge in [0, 0.05) is 26.2 Å². The van der Waals surface area contributed by atoms with Crippen LogP contribution >= 0.6 is 0 Å². The molecule has 0 saturated carbocycles. The summed E-state index contributed by atoms with van der Waals surface area (Å²) in [7, 11) is 2.80. The number of aromatic hydroxyl groups is 1. The Bertz CT molecular complexity index is 2020. The van der Waals surface area contributed by atoms with Crippen LogP contribution in [-0.2, 0) is 35.0 Å². The monoisotopic (exact) mass is 718 g/mol. The van der Waals surface area contributed by atoms with Crippen LogP contribution in [0.15, 0.2) is 109 Å². The lowest BCUT2D eigenvalue weighted by atomic mass is 9.86. The molecular weight excluding hydrogens is 676 g/mol. The number of ketones is 1. The average Bonchev–Trinajstić information content (AvgIpc) is 3.15. The molecule has 53 heavy (non-hydrogen) atoms. The molecule has 10 nitrogen and oxygen atoms in total. The number of carbonyl (C=O) groups excluding carboxylic acids is 3. The van der Waals surface area contributed by atoms with E-state index >= 15 is 0 Å². The van der Waals surface area contributed by atoms with E-state index in [1.54, 1.807) is 97.9 Å². The van der Waals surface area contributed by atoms with Gasteiger partial charge in [-0.05, 0) is 55.2 Å². The first-order chi connectivity index (χ1) is 25.4. The fourth-order valence-corrected chi connectivity index (χ4v) is 6.52. The Balaban J connectivity index is 1.45. The standard InChI is InChI=1S/C43H42O10/c1-25(2)31(50-41(46)36(48-5)27-18-12-8-13-19-27)24-30-38-29(22-23-43(3,4)53-38)33(44)32-34(45)40(35(51-39(30)32)26-16-10-7-11-17-26)52-42(47)37(49-6)28-20-14-9-15-21-28/h7-23,31,35-37,40,44H,1,24H2,2-6H3/t31-,35-,36+,37+,40+/m1/s1. The molecular formula is C43H42O10. The first-order valence-corrected chi connectivity index (χ1v) is 17.2. The summed E-state index contributed by atoms with van der Waals surface area (Å²) >= 11 is 0. The number of hydrogen-bond acceptors (Lipinski definition) is 10. The van der Waals surface area contributed by atoms with E-state index in [0.29, 0.717) is 27.8 Å². The molecule has 274 valence electrons. The Hall–Kier alpha value is -5.71. The van der Waals surface area contributed by atoms with E-state index in [0.717, 1.165) is 0 Å². The number of methoxy groups -OCH3 is 2. The van der Waals surface area contributed by atoms with Crippen molar-refractivity contribution in [2.24, 2.45) is 0 Å². The average molecular weight is 719 g/mol. The Labute approximate surface area is 308 Å². The molecule has 0 radical (unpaired) electrons. The molecule has 2 aliphatic rings. The fourth-order valence-electron chi connectivity index (χ4n) is 6.52. The molecule has 0 amide bonds. The molecule has 0 aromatic heterocycles. The van der Waals surface area contributed by atoms with Crippen molar-refractivity contribution >= 4 is 23.8 Å². The summed E-state index contributed by atoms with van der Waals surface area (Å²) in [6.07, 6.45) is -2.35. The van der Waals surface area contributed by atoms with Gasteiger partial charge in [-0.3, -0.25) is 4.79 Å². The van der Waals surface area contributed by atoms with Crippen molar-refractivity contribution in [2.75, 3.05) is 14.2 Å². The second kappa shape index (κ2) is 15.5.